The van der Waals surface area contributed by atoms with Gasteiger partial charge in [-0.3, -0.25) is 9.59 Å². The summed E-state index contributed by atoms with van der Waals surface area (Å²) in [4.78, 5) is 24.5. The first-order chi connectivity index (χ1) is 15.6. The van der Waals surface area contributed by atoms with Crippen LogP contribution in [0, 0.1) is 0 Å². The van der Waals surface area contributed by atoms with Crippen molar-refractivity contribution in [3.8, 4) is 0 Å². The summed E-state index contributed by atoms with van der Waals surface area (Å²) in [6, 6.07) is 0. The molecule has 0 radical (unpaired) electrons. The Labute approximate surface area is 199 Å². The van der Waals surface area contributed by atoms with Gasteiger partial charge in [0.25, 0.3) is 0 Å². The molecule has 0 aromatic heterocycles. The number of esters is 2. The summed E-state index contributed by atoms with van der Waals surface area (Å²) < 4.78 is 11.1. The molecule has 0 aliphatic carbocycles. The molecular formula is C28H54O4. The molecular weight excluding hydrogens is 400 g/mol. The summed E-state index contributed by atoms with van der Waals surface area (Å²) in [6.07, 6.45) is 22.9. The zero-order valence-corrected chi connectivity index (χ0v) is 21.8. The third kappa shape index (κ3) is 22.1. The molecule has 0 rings (SSSR count). The van der Waals surface area contributed by atoms with Crippen LogP contribution in [0.2, 0.25) is 0 Å². The highest BCUT2D eigenvalue weighted by atomic mass is 16.7. The third-order valence-electron chi connectivity index (χ3n) is 6.04. The van der Waals surface area contributed by atoms with E-state index in [0.717, 1.165) is 38.5 Å². The fraction of sp³-hybridized carbons (Fsp3) is 0.929. The van der Waals surface area contributed by atoms with Gasteiger partial charge in [0.05, 0.1) is 0 Å². The van der Waals surface area contributed by atoms with Crippen LogP contribution in [0.25, 0.3) is 0 Å². The first-order valence-electron chi connectivity index (χ1n) is 14.0. The number of rotatable bonds is 24. The molecule has 0 atom stereocenters. The Morgan fingerprint density at radius 1 is 0.469 bits per heavy atom. The molecule has 0 fully saturated rings. The van der Waals surface area contributed by atoms with Gasteiger partial charge in [0.15, 0.2) is 0 Å². The largest absolute Gasteiger partial charge is 0.425 e. The minimum Gasteiger partial charge on any atom is -0.425 e. The lowest BCUT2D eigenvalue weighted by atomic mass is 10.1. The maximum atomic E-state index is 12.2. The summed E-state index contributed by atoms with van der Waals surface area (Å²) in [6.45, 7) is 6.61. The van der Waals surface area contributed by atoms with Gasteiger partial charge < -0.3 is 9.47 Å². The Bertz CT molecular complexity index is 394. The monoisotopic (exact) mass is 454 g/mol. The van der Waals surface area contributed by atoms with Crippen molar-refractivity contribution in [2.24, 2.45) is 0 Å². The molecule has 0 N–H and O–H groups in total. The van der Waals surface area contributed by atoms with Gasteiger partial charge in [-0.05, 0) is 19.3 Å². The molecule has 0 saturated heterocycles. The molecule has 0 spiro atoms. The summed E-state index contributed by atoms with van der Waals surface area (Å²) in [5.74, 6) is -0.448. The highest BCUT2D eigenvalue weighted by molar-refractivity contribution is 5.71. The summed E-state index contributed by atoms with van der Waals surface area (Å²) in [5, 5.41) is 0. The third-order valence-corrected chi connectivity index (χ3v) is 6.04. The number of hydrogen-bond acceptors (Lipinski definition) is 4. The van der Waals surface area contributed by atoms with Crippen molar-refractivity contribution in [1.82, 2.24) is 0 Å². The molecule has 4 nitrogen and oxygen atoms in total. The maximum Gasteiger partial charge on any atom is 0.308 e. The van der Waals surface area contributed by atoms with E-state index < -0.39 is 6.29 Å². The molecule has 0 aliphatic rings. The quantitative estimate of drug-likeness (QED) is 0.0829. The molecule has 190 valence electrons. The molecule has 0 aliphatic heterocycles. The molecule has 0 unspecified atom stereocenters. The van der Waals surface area contributed by atoms with Gasteiger partial charge in [-0.15, -0.1) is 0 Å². The van der Waals surface area contributed by atoms with Crippen LogP contribution in [0.1, 0.15) is 162 Å². The molecule has 0 bridgehead atoms. The molecule has 0 heterocycles. The minimum absolute atomic E-state index is 0.224. The second-order valence-electron chi connectivity index (χ2n) is 9.35. The van der Waals surface area contributed by atoms with Gasteiger partial charge >= 0.3 is 11.9 Å². The smallest absolute Gasteiger partial charge is 0.308 e. The summed E-state index contributed by atoms with van der Waals surface area (Å²) in [5.41, 5.74) is 0. The van der Waals surface area contributed by atoms with Crippen LogP contribution in [0.15, 0.2) is 0 Å². The van der Waals surface area contributed by atoms with Crippen LogP contribution in [0.5, 0.6) is 0 Å². The SMILES string of the molecule is CCCCCCCCCCCC(OC(=O)CCCCCCC)OC(=O)CCCCCCC. The fourth-order valence-electron chi connectivity index (χ4n) is 3.92. The highest BCUT2D eigenvalue weighted by Gasteiger charge is 2.18. The van der Waals surface area contributed by atoms with Crippen molar-refractivity contribution in [2.45, 2.75) is 168 Å². The maximum absolute atomic E-state index is 12.2. The second-order valence-corrected chi connectivity index (χ2v) is 9.35. The van der Waals surface area contributed by atoms with E-state index in [1.54, 1.807) is 0 Å². The lowest BCUT2D eigenvalue weighted by Gasteiger charge is -2.18. The molecule has 0 saturated carbocycles. The van der Waals surface area contributed by atoms with E-state index in [0.29, 0.717) is 19.3 Å². The van der Waals surface area contributed by atoms with Gasteiger partial charge in [-0.25, -0.2) is 0 Å². The average Bonchev–Trinajstić information content (AvgIpc) is 2.77. The van der Waals surface area contributed by atoms with E-state index in [2.05, 4.69) is 20.8 Å². The molecule has 0 aromatic carbocycles. The van der Waals surface area contributed by atoms with Crippen LogP contribution >= 0.6 is 0 Å². The zero-order chi connectivity index (χ0) is 23.7. The van der Waals surface area contributed by atoms with E-state index in [1.807, 2.05) is 0 Å². The van der Waals surface area contributed by atoms with Gasteiger partial charge in [-0.2, -0.15) is 0 Å². The van der Waals surface area contributed by atoms with Crippen molar-refractivity contribution in [2.75, 3.05) is 0 Å². The Morgan fingerprint density at radius 3 is 1.16 bits per heavy atom. The summed E-state index contributed by atoms with van der Waals surface area (Å²) >= 11 is 0. The average molecular weight is 455 g/mol. The number of hydrogen-bond donors (Lipinski definition) is 0. The van der Waals surface area contributed by atoms with Crippen LogP contribution in [-0.4, -0.2) is 18.2 Å². The van der Waals surface area contributed by atoms with Crippen LogP contribution in [0.3, 0.4) is 0 Å². The van der Waals surface area contributed by atoms with Gasteiger partial charge in [-0.1, -0.05) is 124 Å². The van der Waals surface area contributed by atoms with Crippen LogP contribution in [0.4, 0.5) is 0 Å². The second kappa shape index (κ2) is 24.6. The van der Waals surface area contributed by atoms with Gasteiger partial charge in [0, 0.05) is 19.3 Å². The Morgan fingerprint density at radius 2 is 0.781 bits per heavy atom. The Balaban J connectivity index is 4.19. The normalized spacial score (nSPS) is 11.1. The van der Waals surface area contributed by atoms with E-state index in [9.17, 15) is 9.59 Å². The topological polar surface area (TPSA) is 52.6 Å². The number of carbonyl (C=O) groups is 2. The van der Waals surface area contributed by atoms with E-state index in [-0.39, 0.29) is 11.9 Å². The Kier molecular flexibility index (Phi) is 23.8. The summed E-state index contributed by atoms with van der Waals surface area (Å²) in [7, 11) is 0. The van der Waals surface area contributed by atoms with Gasteiger partial charge in [0.1, 0.15) is 0 Å². The number of carbonyl (C=O) groups excluding carboxylic acids is 2. The van der Waals surface area contributed by atoms with Crippen molar-refractivity contribution >= 4 is 11.9 Å². The van der Waals surface area contributed by atoms with E-state index in [4.69, 9.17) is 9.47 Å². The van der Waals surface area contributed by atoms with Crippen LogP contribution < -0.4 is 0 Å². The van der Waals surface area contributed by atoms with Crippen molar-refractivity contribution in [3.63, 3.8) is 0 Å². The molecule has 0 aromatic rings. The lowest BCUT2D eigenvalue weighted by molar-refractivity contribution is -0.189. The molecule has 4 heteroatoms. The number of ether oxygens (including phenoxy) is 2. The first kappa shape index (κ1) is 30.9. The fourth-order valence-corrected chi connectivity index (χ4v) is 3.92. The molecule has 32 heavy (non-hydrogen) atoms. The predicted molar refractivity (Wildman–Crippen MR) is 135 cm³/mol. The van der Waals surface area contributed by atoms with E-state index >= 15 is 0 Å². The first-order valence-corrected chi connectivity index (χ1v) is 14.0. The molecule has 0 amide bonds. The van der Waals surface area contributed by atoms with E-state index in [1.165, 1.54) is 83.5 Å². The minimum atomic E-state index is -0.703. The van der Waals surface area contributed by atoms with Crippen molar-refractivity contribution in [1.29, 1.82) is 0 Å². The predicted octanol–water partition coefficient (Wildman–Crippen LogP) is 9.04. The standard InChI is InChI=1S/C28H54O4/c1-4-7-10-13-14-15-16-19-22-25-28(31-26(29)23-20-17-11-8-5-2)32-27(30)24-21-18-12-9-6-3/h28H,4-25H2,1-3H3. The van der Waals surface area contributed by atoms with Crippen molar-refractivity contribution < 1.29 is 19.1 Å². The van der Waals surface area contributed by atoms with Crippen LogP contribution in [-0.2, 0) is 19.1 Å². The zero-order valence-electron chi connectivity index (χ0n) is 21.8. The van der Waals surface area contributed by atoms with Crippen molar-refractivity contribution in [3.05, 3.63) is 0 Å². The number of unbranched alkanes of at least 4 members (excludes halogenated alkanes) is 16. The lowest BCUT2D eigenvalue weighted by Crippen LogP contribution is -2.24. The highest BCUT2D eigenvalue weighted by Crippen LogP contribution is 2.16. The Hall–Kier alpha value is -1.06. The van der Waals surface area contributed by atoms with Gasteiger partial charge in [0.2, 0.25) is 6.29 Å².